The fraction of sp³-hybridized carbons (Fsp3) is 0.160. The van der Waals surface area contributed by atoms with Crippen LogP contribution in [0.25, 0.3) is 33.3 Å². The van der Waals surface area contributed by atoms with Crippen LogP contribution in [0.4, 0.5) is 11.4 Å². The van der Waals surface area contributed by atoms with E-state index in [4.69, 9.17) is 14.4 Å². The quantitative estimate of drug-likeness (QED) is 0.259. The predicted molar refractivity (Wildman–Crippen MR) is 129 cm³/mol. The monoisotopic (exact) mass is 406 g/mol. The van der Waals surface area contributed by atoms with Crippen LogP contribution in [0.5, 0.6) is 0 Å². The largest absolute Gasteiger partial charge is 0.453 e. The van der Waals surface area contributed by atoms with E-state index in [1.165, 1.54) is 5.46 Å². The second-order valence-corrected chi connectivity index (χ2v) is 7.65. The van der Waals surface area contributed by atoms with E-state index in [1.54, 1.807) is 12.4 Å². The van der Waals surface area contributed by atoms with Crippen molar-refractivity contribution in [1.29, 1.82) is 0 Å². The van der Waals surface area contributed by atoms with Gasteiger partial charge in [-0.2, -0.15) is 0 Å². The van der Waals surface area contributed by atoms with Crippen LogP contribution in [0, 0.1) is 0 Å². The first-order chi connectivity index (χ1) is 15.2. The van der Waals surface area contributed by atoms with Crippen LogP contribution in [0.3, 0.4) is 0 Å². The maximum absolute atomic E-state index is 6.38. The van der Waals surface area contributed by atoms with Gasteiger partial charge in [-0.25, -0.2) is 9.98 Å². The Morgan fingerprint density at radius 3 is 2.52 bits per heavy atom. The molecule has 0 saturated heterocycles. The SMILES string of the molecule is Bc1ccc2c3nc4ccc(N(CC)CC)cc4oc-3c/c(=N/c3ccncc3)c2c1. The van der Waals surface area contributed by atoms with Crippen molar-refractivity contribution in [3.05, 3.63) is 72.3 Å². The van der Waals surface area contributed by atoms with Gasteiger partial charge in [-0.15, -0.1) is 0 Å². The summed E-state index contributed by atoms with van der Waals surface area (Å²) in [6.07, 6.45) is 3.50. The van der Waals surface area contributed by atoms with Crippen molar-refractivity contribution in [3.63, 3.8) is 0 Å². The van der Waals surface area contributed by atoms with Crippen molar-refractivity contribution in [2.75, 3.05) is 18.0 Å². The summed E-state index contributed by atoms with van der Waals surface area (Å²) in [4.78, 5) is 16.2. The number of pyridine rings is 1. The van der Waals surface area contributed by atoms with Crippen molar-refractivity contribution in [3.8, 4) is 11.5 Å². The Morgan fingerprint density at radius 1 is 0.935 bits per heavy atom. The Bertz CT molecular complexity index is 1420. The summed E-state index contributed by atoms with van der Waals surface area (Å²) in [6.45, 7) is 6.21. The van der Waals surface area contributed by atoms with Gasteiger partial charge in [-0.05, 0) is 38.1 Å². The average molecular weight is 406 g/mol. The summed E-state index contributed by atoms with van der Waals surface area (Å²) < 4.78 is 6.38. The standard InChI is InChI=1S/C25H23BN4O/c1-3-30(4-2)18-6-8-21-23(14-18)31-24-15-22(28-17-9-11-27-12-10-17)20-13-16(26)5-7-19(20)25(24)29-21/h5-15H,3-4,26H2,1-2H3/b28-22-. The predicted octanol–water partition coefficient (Wildman–Crippen LogP) is 3.82. The molecule has 2 aliphatic rings. The molecule has 0 fully saturated rings. The van der Waals surface area contributed by atoms with Crippen molar-refractivity contribution >= 4 is 46.6 Å². The molecule has 2 heterocycles. The van der Waals surface area contributed by atoms with Crippen LogP contribution >= 0.6 is 0 Å². The molecule has 31 heavy (non-hydrogen) atoms. The Hall–Kier alpha value is -3.67. The second-order valence-electron chi connectivity index (χ2n) is 7.65. The number of hydrogen-bond donors (Lipinski definition) is 0. The molecule has 0 saturated carbocycles. The van der Waals surface area contributed by atoms with Gasteiger partial charge in [-0.1, -0.05) is 23.7 Å². The van der Waals surface area contributed by atoms with Gasteiger partial charge in [0.1, 0.15) is 19.1 Å². The van der Waals surface area contributed by atoms with E-state index in [9.17, 15) is 0 Å². The maximum atomic E-state index is 6.38. The van der Waals surface area contributed by atoms with Gasteiger partial charge in [0.2, 0.25) is 0 Å². The molecule has 0 atom stereocenters. The zero-order chi connectivity index (χ0) is 21.4. The second kappa shape index (κ2) is 7.87. The minimum atomic E-state index is 0.730. The van der Waals surface area contributed by atoms with Crippen LogP contribution in [0.1, 0.15) is 13.8 Å². The summed E-state index contributed by atoms with van der Waals surface area (Å²) in [7, 11) is 2.09. The molecule has 1 aliphatic carbocycles. The van der Waals surface area contributed by atoms with Gasteiger partial charge < -0.3 is 9.32 Å². The highest BCUT2D eigenvalue weighted by molar-refractivity contribution is 6.33. The lowest BCUT2D eigenvalue weighted by atomic mass is 9.92. The lowest BCUT2D eigenvalue weighted by Crippen LogP contribution is -2.21. The Morgan fingerprint density at radius 2 is 1.74 bits per heavy atom. The third-order valence-electron chi connectivity index (χ3n) is 5.64. The molecule has 0 bridgehead atoms. The Balaban J connectivity index is 1.82. The Labute approximate surface area is 181 Å². The van der Waals surface area contributed by atoms with Crippen molar-refractivity contribution in [1.82, 2.24) is 9.97 Å². The fourth-order valence-corrected chi connectivity index (χ4v) is 4.02. The number of aromatic nitrogens is 2. The van der Waals surface area contributed by atoms with Gasteiger partial charge in [0, 0.05) is 54.1 Å². The van der Waals surface area contributed by atoms with Crippen molar-refractivity contribution in [2.45, 2.75) is 13.8 Å². The number of fused-ring (bicyclic) bond motifs is 4. The molecule has 5 nitrogen and oxygen atoms in total. The van der Waals surface area contributed by atoms with Crippen LogP contribution < -0.4 is 15.7 Å². The van der Waals surface area contributed by atoms with E-state index in [-0.39, 0.29) is 0 Å². The summed E-state index contributed by atoms with van der Waals surface area (Å²) in [5.41, 5.74) is 5.66. The molecule has 3 aromatic rings. The van der Waals surface area contributed by atoms with E-state index in [0.29, 0.717) is 0 Å². The molecular formula is C25H23BN4O. The average Bonchev–Trinajstić information content (AvgIpc) is 2.79. The smallest absolute Gasteiger partial charge is 0.155 e. The van der Waals surface area contributed by atoms with Crippen molar-refractivity contribution in [2.24, 2.45) is 4.99 Å². The first kappa shape index (κ1) is 19.3. The zero-order valence-electron chi connectivity index (χ0n) is 18.0. The molecule has 1 aliphatic heterocycles. The summed E-state index contributed by atoms with van der Waals surface area (Å²) >= 11 is 0. The maximum Gasteiger partial charge on any atom is 0.155 e. The van der Waals surface area contributed by atoms with E-state index in [2.05, 4.69) is 61.9 Å². The summed E-state index contributed by atoms with van der Waals surface area (Å²) in [5, 5.41) is 2.96. The third kappa shape index (κ3) is 3.54. The highest BCUT2D eigenvalue weighted by Gasteiger charge is 2.16. The number of rotatable bonds is 4. The molecule has 1 aromatic heterocycles. The molecule has 0 spiro atoms. The fourth-order valence-electron chi connectivity index (χ4n) is 4.02. The van der Waals surface area contributed by atoms with Crippen LogP contribution in [-0.2, 0) is 0 Å². The van der Waals surface area contributed by atoms with Gasteiger partial charge in [0.25, 0.3) is 0 Å². The van der Waals surface area contributed by atoms with E-state index in [0.717, 1.165) is 63.1 Å². The topological polar surface area (TPSA) is 54.5 Å². The van der Waals surface area contributed by atoms with Gasteiger partial charge in [-0.3, -0.25) is 4.98 Å². The van der Waals surface area contributed by atoms with Gasteiger partial charge in [0.05, 0.1) is 11.0 Å². The van der Waals surface area contributed by atoms with Gasteiger partial charge in [0.15, 0.2) is 11.3 Å². The summed E-state index contributed by atoms with van der Waals surface area (Å²) in [5.74, 6) is 0.730. The number of nitrogens with zero attached hydrogens (tertiary/aromatic N) is 4. The normalized spacial score (nSPS) is 12.1. The van der Waals surface area contributed by atoms with Gasteiger partial charge >= 0.3 is 0 Å². The first-order valence-electron chi connectivity index (χ1n) is 10.6. The summed E-state index contributed by atoms with van der Waals surface area (Å²) in [6, 6.07) is 18.4. The lowest BCUT2D eigenvalue weighted by molar-refractivity contribution is 0.613. The Kier molecular flexibility index (Phi) is 4.90. The molecule has 5 rings (SSSR count). The van der Waals surface area contributed by atoms with E-state index >= 15 is 0 Å². The molecule has 2 aromatic carbocycles. The van der Waals surface area contributed by atoms with E-state index in [1.807, 2.05) is 24.3 Å². The number of benzene rings is 3. The van der Waals surface area contributed by atoms with E-state index < -0.39 is 0 Å². The molecule has 0 N–H and O–H groups in total. The number of hydrogen-bond acceptors (Lipinski definition) is 5. The highest BCUT2D eigenvalue weighted by atomic mass is 16.3. The lowest BCUT2D eigenvalue weighted by Gasteiger charge is -2.21. The minimum absolute atomic E-state index is 0.730. The molecular weight excluding hydrogens is 383 g/mol. The molecule has 0 radical (unpaired) electrons. The van der Waals surface area contributed by atoms with Crippen LogP contribution in [0.2, 0.25) is 0 Å². The molecule has 6 heteroatoms. The molecule has 152 valence electrons. The third-order valence-corrected chi connectivity index (χ3v) is 5.64. The van der Waals surface area contributed by atoms with Crippen molar-refractivity contribution < 1.29 is 4.42 Å². The number of anilines is 1. The van der Waals surface area contributed by atoms with Crippen LogP contribution in [-0.4, -0.2) is 30.9 Å². The molecule has 0 unspecified atom stereocenters. The molecule has 0 amide bonds. The zero-order valence-corrected chi connectivity index (χ0v) is 18.0. The highest BCUT2D eigenvalue weighted by Crippen LogP contribution is 2.31. The minimum Gasteiger partial charge on any atom is -0.453 e. The van der Waals surface area contributed by atoms with Crippen LogP contribution in [0.15, 0.2) is 76.4 Å². The first-order valence-corrected chi connectivity index (χ1v) is 10.6.